The number of hydrogen-bond donors (Lipinski definition) is 1. The smallest absolute Gasteiger partial charge is 0.119 e. The first-order valence-electron chi connectivity index (χ1n) is 4.65. The van der Waals surface area contributed by atoms with Crippen LogP contribution >= 0.6 is 0 Å². The van der Waals surface area contributed by atoms with E-state index >= 15 is 0 Å². The zero-order valence-electron chi connectivity index (χ0n) is 8.83. The Morgan fingerprint density at radius 2 is 2.00 bits per heavy atom. The van der Waals surface area contributed by atoms with Crippen LogP contribution in [0.1, 0.15) is 0 Å². The first-order chi connectivity index (χ1) is 7.29. The molecule has 1 aromatic heterocycles. The zero-order chi connectivity index (χ0) is 10.7. The molecule has 0 bridgehead atoms. The molecule has 2 rings (SSSR count). The molecule has 16 heavy (non-hydrogen) atoms. The number of nitrogen functional groups attached to an aromatic ring is 1. The molecule has 3 nitrogen and oxygen atoms in total. The molecule has 0 radical (unpaired) electrons. The Kier molecular flexibility index (Phi) is 4.35. The summed E-state index contributed by atoms with van der Waals surface area (Å²) in [6.07, 6.45) is 1.65. The van der Waals surface area contributed by atoms with Gasteiger partial charge in [-0.3, -0.25) is 4.98 Å². The minimum Gasteiger partial charge on any atom is -0.497 e. The molecule has 1 aromatic carbocycles. The second kappa shape index (κ2) is 5.54. The third-order valence-corrected chi connectivity index (χ3v) is 2.15. The Morgan fingerprint density at radius 1 is 1.19 bits per heavy atom. The Labute approximate surface area is 105 Å². The molecule has 0 saturated carbocycles. The molecular weight excluding hydrogens is 244 g/mol. The second-order valence-corrected chi connectivity index (χ2v) is 3.21. The van der Waals surface area contributed by atoms with Crippen molar-refractivity contribution >= 4 is 5.69 Å². The third kappa shape index (κ3) is 2.75. The van der Waals surface area contributed by atoms with E-state index in [0.717, 1.165) is 17.0 Å². The van der Waals surface area contributed by atoms with Gasteiger partial charge in [0.2, 0.25) is 0 Å². The van der Waals surface area contributed by atoms with Crippen LogP contribution in [0.15, 0.2) is 42.6 Å². The molecule has 0 fully saturated rings. The van der Waals surface area contributed by atoms with Crippen LogP contribution in [0.5, 0.6) is 5.75 Å². The second-order valence-electron chi connectivity index (χ2n) is 3.21. The van der Waals surface area contributed by atoms with Gasteiger partial charge in [0.1, 0.15) is 5.75 Å². The van der Waals surface area contributed by atoms with E-state index in [4.69, 9.17) is 10.5 Å². The Hall–Kier alpha value is -1.51. The van der Waals surface area contributed by atoms with Crippen LogP contribution in [0.3, 0.4) is 0 Å². The monoisotopic (exact) mass is 256 g/mol. The quantitative estimate of drug-likeness (QED) is 0.839. The van der Waals surface area contributed by atoms with Crippen molar-refractivity contribution < 1.29 is 21.8 Å². The van der Waals surface area contributed by atoms with E-state index in [1.807, 2.05) is 36.4 Å². The van der Waals surface area contributed by atoms with Crippen LogP contribution in [0.2, 0.25) is 0 Å². The summed E-state index contributed by atoms with van der Waals surface area (Å²) in [6, 6.07) is 11.5. The Morgan fingerprint density at radius 3 is 2.62 bits per heavy atom. The van der Waals surface area contributed by atoms with Crippen molar-refractivity contribution in [1.29, 1.82) is 0 Å². The number of ether oxygens (including phenoxy) is 1. The summed E-state index contributed by atoms with van der Waals surface area (Å²) in [4.78, 5) is 4.24. The van der Waals surface area contributed by atoms with Crippen molar-refractivity contribution in [3.05, 3.63) is 42.6 Å². The van der Waals surface area contributed by atoms with Gasteiger partial charge in [-0.25, -0.2) is 0 Å². The number of rotatable bonds is 2. The van der Waals surface area contributed by atoms with Crippen molar-refractivity contribution in [2.24, 2.45) is 0 Å². The molecular formula is C12H12FeN2O. The fourth-order valence-electron chi connectivity index (χ4n) is 1.36. The van der Waals surface area contributed by atoms with Crippen molar-refractivity contribution in [2.45, 2.75) is 0 Å². The maximum atomic E-state index is 5.57. The Balaban J connectivity index is 0.00000128. The van der Waals surface area contributed by atoms with Gasteiger partial charge in [0, 0.05) is 22.6 Å². The van der Waals surface area contributed by atoms with Gasteiger partial charge in [-0.2, -0.15) is 0 Å². The topological polar surface area (TPSA) is 48.1 Å². The molecule has 0 saturated heterocycles. The summed E-state index contributed by atoms with van der Waals surface area (Å²) < 4.78 is 5.15. The SMILES string of the molecule is COc1cccc(-c2ccc(N)cn2)c1.[Fe]. The van der Waals surface area contributed by atoms with Crippen molar-refractivity contribution in [3.63, 3.8) is 0 Å². The minimum absolute atomic E-state index is 0. The molecule has 2 aromatic rings. The molecule has 4 heteroatoms. The molecule has 0 unspecified atom stereocenters. The normalized spacial score (nSPS) is 9.31. The molecule has 0 amide bonds. The van der Waals surface area contributed by atoms with E-state index in [1.54, 1.807) is 13.3 Å². The van der Waals surface area contributed by atoms with Gasteiger partial charge in [0.25, 0.3) is 0 Å². The van der Waals surface area contributed by atoms with Crippen molar-refractivity contribution in [3.8, 4) is 17.0 Å². The number of aromatic nitrogens is 1. The number of methoxy groups -OCH3 is 1. The summed E-state index contributed by atoms with van der Waals surface area (Å²) in [5.74, 6) is 0.825. The first-order valence-corrected chi connectivity index (χ1v) is 4.65. The summed E-state index contributed by atoms with van der Waals surface area (Å²) >= 11 is 0. The Bertz CT molecular complexity index is 457. The van der Waals surface area contributed by atoms with Crippen LogP contribution in [-0.2, 0) is 17.1 Å². The summed E-state index contributed by atoms with van der Waals surface area (Å²) in [6.45, 7) is 0. The largest absolute Gasteiger partial charge is 0.497 e. The summed E-state index contributed by atoms with van der Waals surface area (Å²) in [7, 11) is 1.65. The van der Waals surface area contributed by atoms with Gasteiger partial charge >= 0.3 is 0 Å². The summed E-state index contributed by atoms with van der Waals surface area (Å²) in [5.41, 5.74) is 8.16. The maximum Gasteiger partial charge on any atom is 0.119 e. The van der Waals surface area contributed by atoms with E-state index in [-0.39, 0.29) is 17.1 Å². The van der Waals surface area contributed by atoms with Crippen LogP contribution in [0.4, 0.5) is 5.69 Å². The molecule has 2 N–H and O–H groups in total. The van der Waals surface area contributed by atoms with Gasteiger partial charge in [0.15, 0.2) is 0 Å². The average molecular weight is 256 g/mol. The van der Waals surface area contributed by atoms with E-state index in [9.17, 15) is 0 Å². The van der Waals surface area contributed by atoms with Gasteiger partial charge in [-0.15, -0.1) is 0 Å². The number of pyridine rings is 1. The van der Waals surface area contributed by atoms with E-state index in [1.165, 1.54) is 0 Å². The fourth-order valence-corrected chi connectivity index (χ4v) is 1.36. The third-order valence-electron chi connectivity index (χ3n) is 2.15. The molecule has 0 spiro atoms. The molecule has 0 aliphatic carbocycles. The number of hydrogen-bond acceptors (Lipinski definition) is 3. The zero-order valence-corrected chi connectivity index (χ0v) is 9.93. The molecule has 0 atom stereocenters. The van der Waals surface area contributed by atoms with Crippen LogP contribution in [-0.4, -0.2) is 12.1 Å². The maximum absolute atomic E-state index is 5.57. The fraction of sp³-hybridized carbons (Fsp3) is 0.0833. The molecule has 0 aliphatic rings. The first kappa shape index (κ1) is 12.6. The number of anilines is 1. The predicted molar refractivity (Wildman–Crippen MR) is 60.6 cm³/mol. The molecule has 84 valence electrons. The van der Waals surface area contributed by atoms with Crippen LogP contribution in [0, 0.1) is 0 Å². The standard InChI is InChI=1S/C12H12N2O.Fe/c1-15-11-4-2-3-9(7-11)12-6-5-10(13)8-14-12;/h2-8H,13H2,1H3;. The number of nitrogens with two attached hydrogens (primary N) is 1. The van der Waals surface area contributed by atoms with E-state index < -0.39 is 0 Å². The van der Waals surface area contributed by atoms with Gasteiger partial charge in [-0.05, 0) is 24.3 Å². The average Bonchev–Trinajstić information content (AvgIpc) is 2.30. The molecule has 1 heterocycles. The summed E-state index contributed by atoms with van der Waals surface area (Å²) in [5, 5.41) is 0. The molecule has 0 aliphatic heterocycles. The van der Waals surface area contributed by atoms with Crippen molar-refractivity contribution in [2.75, 3.05) is 12.8 Å². The number of nitrogens with zero attached hydrogens (tertiary/aromatic N) is 1. The van der Waals surface area contributed by atoms with Gasteiger partial charge in [-0.1, -0.05) is 12.1 Å². The minimum atomic E-state index is 0. The number of benzene rings is 1. The predicted octanol–water partition coefficient (Wildman–Crippen LogP) is 2.34. The van der Waals surface area contributed by atoms with Crippen LogP contribution < -0.4 is 10.5 Å². The van der Waals surface area contributed by atoms with E-state index in [2.05, 4.69) is 4.98 Å². The van der Waals surface area contributed by atoms with Gasteiger partial charge in [0.05, 0.1) is 24.7 Å². The van der Waals surface area contributed by atoms with Crippen molar-refractivity contribution in [1.82, 2.24) is 4.98 Å². The van der Waals surface area contributed by atoms with E-state index in [0.29, 0.717) is 5.69 Å². The van der Waals surface area contributed by atoms with Crippen LogP contribution in [0.25, 0.3) is 11.3 Å². The van der Waals surface area contributed by atoms with Gasteiger partial charge < -0.3 is 10.5 Å².